The van der Waals surface area contributed by atoms with Gasteiger partial charge in [-0.05, 0) is 73.3 Å². The fourth-order valence-electron chi connectivity index (χ4n) is 3.31. The standard InChI is InChI=1S/C21H22N4O/c1-14-3-6-20(25-13-15(2)11-23-25)19(9-14)24-21(26)17-4-5-18-12-22-8-7-16(18)10-17/h3-6,9-11,13,22H,7-8,12H2,1-2H3,(H,24,26). The molecule has 0 bridgehead atoms. The summed E-state index contributed by atoms with van der Waals surface area (Å²) in [6.45, 7) is 5.84. The van der Waals surface area contributed by atoms with Crippen LogP contribution in [0.4, 0.5) is 5.69 Å². The van der Waals surface area contributed by atoms with E-state index in [0.29, 0.717) is 5.56 Å². The molecule has 5 heteroatoms. The van der Waals surface area contributed by atoms with Crippen LogP contribution < -0.4 is 10.6 Å². The fourth-order valence-corrected chi connectivity index (χ4v) is 3.31. The molecule has 1 aliphatic heterocycles. The van der Waals surface area contributed by atoms with E-state index in [0.717, 1.165) is 42.0 Å². The minimum absolute atomic E-state index is 0.0953. The van der Waals surface area contributed by atoms with E-state index >= 15 is 0 Å². The van der Waals surface area contributed by atoms with Crippen molar-refractivity contribution >= 4 is 11.6 Å². The molecule has 0 atom stereocenters. The summed E-state index contributed by atoms with van der Waals surface area (Å²) in [4.78, 5) is 12.8. The first-order valence-corrected chi connectivity index (χ1v) is 8.86. The molecule has 0 aliphatic carbocycles. The maximum absolute atomic E-state index is 12.8. The number of benzene rings is 2. The lowest BCUT2D eigenvalue weighted by atomic mass is 9.98. The SMILES string of the molecule is Cc1ccc(-n2cc(C)cn2)c(NC(=O)c2ccc3c(c2)CCNC3)c1. The monoisotopic (exact) mass is 346 g/mol. The Bertz CT molecular complexity index is 974. The summed E-state index contributed by atoms with van der Waals surface area (Å²) >= 11 is 0. The second-order valence-corrected chi connectivity index (χ2v) is 6.85. The lowest BCUT2D eigenvalue weighted by Crippen LogP contribution is -2.24. The Hall–Kier alpha value is -2.92. The van der Waals surface area contributed by atoms with Gasteiger partial charge in [-0.2, -0.15) is 5.10 Å². The number of fused-ring (bicyclic) bond motifs is 1. The first-order valence-electron chi connectivity index (χ1n) is 8.86. The number of carbonyl (C=O) groups excluding carboxylic acids is 1. The van der Waals surface area contributed by atoms with E-state index in [-0.39, 0.29) is 5.91 Å². The average Bonchev–Trinajstić information content (AvgIpc) is 3.07. The summed E-state index contributed by atoms with van der Waals surface area (Å²) in [5.41, 5.74) is 7.00. The summed E-state index contributed by atoms with van der Waals surface area (Å²) < 4.78 is 1.79. The zero-order valence-electron chi connectivity index (χ0n) is 15.0. The van der Waals surface area contributed by atoms with E-state index < -0.39 is 0 Å². The molecule has 0 saturated carbocycles. The van der Waals surface area contributed by atoms with Gasteiger partial charge in [0.25, 0.3) is 5.91 Å². The smallest absolute Gasteiger partial charge is 0.255 e. The van der Waals surface area contributed by atoms with Gasteiger partial charge in [0, 0.05) is 18.3 Å². The van der Waals surface area contributed by atoms with Gasteiger partial charge in [-0.3, -0.25) is 4.79 Å². The molecule has 26 heavy (non-hydrogen) atoms. The summed E-state index contributed by atoms with van der Waals surface area (Å²) in [5.74, 6) is -0.0953. The molecule has 1 aliphatic rings. The molecule has 132 valence electrons. The van der Waals surface area contributed by atoms with E-state index in [4.69, 9.17) is 0 Å². The maximum atomic E-state index is 12.8. The number of carbonyl (C=O) groups is 1. The molecule has 4 rings (SSSR count). The van der Waals surface area contributed by atoms with Gasteiger partial charge in [0.15, 0.2) is 0 Å². The second kappa shape index (κ2) is 6.77. The average molecular weight is 346 g/mol. The van der Waals surface area contributed by atoms with Crippen molar-refractivity contribution in [2.75, 3.05) is 11.9 Å². The summed E-state index contributed by atoms with van der Waals surface area (Å²) in [5, 5.41) is 10.8. The van der Waals surface area contributed by atoms with Crippen LogP contribution in [0.15, 0.2) is 48.8 Å². The van der Waals surface area contributed by atoms with Crippen LogP contribution in [-0.2, 0) is 13.0 Å². The van der Waals surface area contributed by atoms with Crippen LogP contribution in [0.3, 0.4) is 0 Å². The molecule has 0 spiro atoms. The van der Waals surface area contributed by atoms with E-state index in [1.807, 2.05) is 62.6 Å². The van der Waals surface area contributed by atoms with E-state index in [2.05, 4.69) is 15.7 Å². The molecule has 0 fully saturated rings. The molecule has 0 unspecified atom stereocenters. The molecule has 2 N–H and O–H groups in total. The van der Waals surface area contributed by atoms with Crippen molar-refractivity contribution in [2.24, 2.45) is 0 Å². The Kier molecular flexibility index (Phi) is 4.31. The van der Waals surface area contributed by atoms with Crippen molar-refractivity contribution in [3.63, 3.8) is 0 Å². The van der Waals surface area contributed by atoms with Gasteiger partial charge < -0.3 is 10.6 Å². The molecule has 2 aromatic carbocycles. The minimum atomic E-state index is -0.0953. The van der Waals surface area contributed by atoms with Crippen molar-refractivity contribution in [2.45, 2.75) is 26.8 Å². The highest BCUT2D eigenvalue weighted by Gasteiger charge is 2.15. The first-order chi connectivity index (χ1) is 12.6. The van der Waals surface area contributed by atoms with Crippen LogP contribution in [0.2, 0.25) is 0 Å². The molecular formula is C21H22N4O. The quantitative estimate of drug-likeness (QED) is 0.764. The number of rotatable bonds is 3. The number of nitrogens with one attached hydrogen (secondary N) is 2. The Balaban J connectivity index is 1.64. The third-order valence-corrected chi connectivity index (χ3v) is 4.71. The molecule has 0 radical (unpaired) electrons. The van der Waals surface area contributed by atoms with Crippen molar-refractivity contribution in [3.05, 3.63) is 76.6 Å². The lowest BCUT2D eigenvalue weighted by molar-refractivity contribution is 0.102. The van der Waals surface area contributed by atoms with Crippen LogP contribution in [0.25, 0.3) is 5.69 Å². The summed E-state index contributed by atoms with van der Waals surface area (Å²) in [7, 11) is 0. The van der Waals surface area contributed by atoms with Gasteiger partial charge in [-0.15, -0.1) is 0 Å². The van der Waals surface area contributed by atoms with E-state index in [1.54, 1.807) is 4.68 Å². The van der Waals surface area contributed by atoms with Gasteiger partial charge in [0.2, 0.25) is 0 Å². The van der Waals surface area contributed by atoms with Gasteiger partial charge >= 0.3 is 0 Å². The van der Waals surface area contributed by atoms with Gasteiger partial charge in [0.1, 0.15) is 0 Å². The number of hydrogen-bond acceptors (Lipinski definition) is 3. The Morgan fingerprint density at radius 3 is 2.81 bits per heavy atom. The normalized spacial score (nSPS) is 13.3. The maximum Gasteiger partial charge on any atom is 0.255 e. The van der Waals surface area contributed by atoms with Crippen molar-refractivity contribution in [1.29, 1.82) is 0 Å². The topological polar surface area (TPSA) is 59.0 Å². The fraction of sp³-hybridized carbons (Fsp3) is 0.238. The molecule has 5 nitrogen and oxygen atoms in total. The van der Waals surface area contributed by atoms with Gasteiger partial charge in [-0.1, -0.05) is 12.1 Å². The Labute approximate surface area is 153 Å². The molecule has 3 aromatic rings. The Morgan fingerprint density at radius 2 is 2.00 bits per heavy atom. The number of amides is 1. The van der Waals surface area contributed by atoms with Crippen molar-refractivity contribution in [1.82, 2.24) is 15.1 Å². The van der Waals surface area contributed by atoms with Crippen LogP contribution >= 0.6 is 0 Å². The number of aryl methyl sites for hydroxylation is 2. The van der Waals surface area contributed by atoms with Crippen LogP contribution in [0.1, 0.15) is 32.6 Å². The second-order valence-electron chi connectivity index (χ2n) is 6.85. The third kappa shape index (κ3) is 3.26. The highest BCUT2D eigenvalue weighted by molar-refractivity contribution is 6.05. The van der Waals surface area contributed by atoms with Crippen LogP contribution in [0, 0.1) is 13.8 Å². The summed E-state index contributed by atoms with van der Waals surface area (Å²) in [6, 6.07) is 11.9. The molecule has 2 heterocycles. The van der Waals surface area contributed by atoms with Crippen LogP contribution in [-0.4, -0.2) is 22.2 Å². The summed E-state index contributed by atoms with van der Waals surface area (Å²) in [6.07, 6.45) is 4.72. The van der Waals surface area contributed by atoms with E-state index in [1.165, 1.54) is 11.1 Å². The van der Waals surface area contributed by atoms with Crippen molar-refractivity contribution in [3.8, 4) is 5.69 Å². The third-order valence-electron chi connectivity index (χ3n) is 4.71. The number of aromatic nitrogens is 2. The molecule has 1 amide bonds. The predicted octanol–water partition coefficient (Wildman–Crippen LogP) is 3.39. The number of anilines is 1. The van der Waals surface area contributed by atoms with Crippen molar-refractivity contribution < 1.29 is 4.79 Å². The zero-order valence-corrected chi connectivity index (χ0v) is 15.0. The highest BCUT2D eigenvalue weighted by Crippen LogP contribution is 2.23. The lowest BCUT2D eigenvalue weighted by Gasteiger charge is -2.18. The molecule has 1 aromatic heterocycles. The highest BCUT2D eigenvalue weighted by atomic mass is 16.1. The number of hydrogen-bond donors (Lipinski definition) is 2. The van der Waals surface area contributed by atoms with E-state index in [9.17, 15) is 4.79 Å². The minimum Gasteiger partial charge on any atom is -0.320 e. The Morgan fingerprint density at radius 1 is 1.12 bits per heavy atom. The zero-order chi connectivity index (χ0) is 18.1. The first kappa shape index (κ1) is 16.5. The van der Waals surface area contributed by atoms with Gasteiger partial charge in [-0.25, -0.2) is 4.68 Å². The number of nitrogens with zero attached hydrogens (tertiary/aromatic N) is 2. The predicted molar refractivity (Wildman–Crippen MR) is 103 cm³/mol. The van der Waals surface area contributed by atoms with Gasteiger partial charge in [0.05, 0.1) is 17.6 Å². The largest absolute Gasteiger partial charge is 0.320 e. The molecule has 0 saturated heterocycles. The van der Waals surface area contributed by atoms with Crippen LogP contribution in [0.5, 0.6) is 0 Å². The molecular weight excluding hydrogens is 324 g/mol.